The van der Waals surface area contributed by atoms with Crippen LogP contribution in [0, 0.1) is 0 Å². The van der Waals surface area contributed by atoms with Crippen LogP contribution >= 0.6 is 0 Å². The predicted octanol–water partition coefficient (Wildman–Crippen LogP) is 4.31. The number of urea groups is 1. The number of rotatable bonds is 8. The second-order valence-corrected chi connectivity index (χ2v) is 17.4. The highest BCUT2D eigenvalue weighted by Gasteiger charge is 2.43. The largest absolute Gasteiger partial charge is 0.361 e. The normalized spacial score (nSPS) is 21.8. The zero-order valence-corrected chi connectivity index (χ0v) is 24.1. The molecule has 0 saturated carbocycles. The Morgan fingerprint density at radius 1 is 0.974 bits per heavy atom. The van der Waals surface area contributed by atoms with Crippen LogP contribution in [-0.4, -0.2) is 73.6 Å². The Bertz CT molecular complexity index is 1290. The van der Waals surface area contributed by atoms with Crippen molar-refractivity contribution in [1.29, 1.82) is 0 Å². The number of hydrogen-bond acceptors (Lipinski definition) is 5. The van der Waals surface area contributed by atoms with Gasteiger partial charge in [-0.05, 0) is 55.3 Å². The third-order valence-corrected chi connectivity index (χ3v) is 9.37. The maximum absolute atomic E-state index is 13.3. The number of anilines is 2. The van der Waals surface area contributed by atoms with Crippen molar-refractivity contribution < 1.29 is 23.9 Å². The fourth-order valence-electron chi connectivity index (χ4n) is 5.44. The number of carbonyl (C=O) groups is 4. The molecule has 0 spiro atoms. The molecule has 1 unspecified atom stereocenters. The molecule has 2 saturated heterocycles. The van der Waals surface area contributed by atoms with Crippen LogP contribution in [0.2, 0.25) is 25.7 Å². The molecular weight excluding hydrogens is 512 g/mol. The van der Waals surface area contributed by atoms with E-state index in [2.05, 4.69) is 19.6 Å². The van der Waals surface area contributed by atoms with Gasteiger partial charge in [-0.2, -0.15) is 0 Å². The summed E-state index contributed by atoms with van der Waals surface area (Å²) in [7, 11) is -1.30. The highest BCUT2D eigenvalue weighted by Crippen LogP contribution is 2.34. The van der Waals surface area contributed by atoms with E-state index in [1.54, 1.807) is 26.8 Å². The van der Waals surface area contributed by atoms with Crippen molar-refractivity contribution in [3.63, 3.8) is 0 Å². The van der Waals surface area contributed by atoms with Gasteiger partial charge in [0.15, 0.2) is 0 Å². The number of ether oxygens (including phenoxy) is 1. The number of likely N-dealkylation sites (tertiary alicyclic amines) is 1. The Morgan fingerprint density at radius 3 is 2.44 bits per heavy atom. The molecule has 10 heteroatoms. The van der Waals surface area contributed by atoms with E-state index in [-0.39, 0.29) is 49.5 Å². The molecule has 5 amide bonds. The van der Waals surface area contributed by atoms with Crippen LogP contribution in [0.1, 0.15) is 35.7 Å². The van der Waals surface area contributed by atoms with Gasteiger partial charge in [-0.15, -0.1) is 0 Å². The van der Waals surface area contributed by atoms with Crippen molar-refractivity contribution in [2.24, 2.45) is 0 Å². The number of amides is 5. The second kappa shape index (κ2) is 10.6. The average Bonchev–Trinajstić information content (AvgIpc) is 3.38. The summed E-state index contributed by atoms with van der Waals surface area (Å²) >= 11 is 0. The lowest BCUT2D eigenvalue weighted by atomic mass is 10.0. The molecule has 2 fully saturated rings. The zero-order valence-electron chi connectivity index (χ0n) is 23.1. The molecule has 3 aliphatic heterocycles. The smallest absolute Gasteiger partial charge is 0.329 e. The quantitative estimate of drug-likeness (QED) is 0.279. The maximum atomic E-state index is 13.3. The minimum atomic E-state index is -1.30. The molecule has 39 heavy (non-hydrogen) atoms. The Balaban J connectivity index is 1.28. The van der Waals surface area contributed by atoms with Crippen molar-refractivity contribution in [2.45, 2.75) is 64.1 Å². The van der Waals surface area contributed by atoms with E-state index in [1.807, 2.05) is 43.3 Å². The summed E-state index contributed by atoms with van der Waals surface area (Å²) in [6, 6.07) is 15.1. The summed E-state index contributed by atoms with van der Waals surface area (Å²) in [6.45, 7) is 9.95. The standard InChI is InChI=1S/C29H36N4O5Si/c1-20-17-30(29(37)33(20)22-8-6-5-7-9-22)23-10-11-24-21(16-23)18-31(27(24)35)25-12-13-26(34)32(28(25)36)19-38-14-15-39(2,3)4/h5-11,16,20,25H,12-15,17-19H2,1-4H3/t20-,25?/m1/s1. The van der Waals surface area contributed by atoms with Crippen molar-refractivity contribution >= 4 is 43.2 Å². The molecule has 2 atom stereocenters. The molecule has 2 aromatic rings. The molecular formula is C29H36N4O5Si. The number of carbonyl (C=O) groups excluding carboxylic acids is 4. The van der Waals surface area contributed by atoms with Gasteiger partial charge in [-0.1, -0.05) is 37.8 Å². The summed E-state index contributed by atoms with van der Waals surface area (Å²) in [5.74, 6) is -0.876. The average molecular weight is 549 g/mol. The summed E-state index contributed by atoms with van der Waals surface area (Å²) in [4.78, 5) is 58.8. The van der Waals surface area contributed by atoms with Gasteiger partial charge in [0.2, 0.25) is 5.91 Å². The molecule has 0 N–H and O–H groups in total. The lowest BCUT2D eigenvalue weighted by Crippen LogP contribution is -2.55. The topological polar surface area (TPSA) is 90.5 Å². The number of piperidine rings is 1. The number of hydrogen-bond donors (Lipinski definition) is 0. The first-order valence-electron chi connectivity index (χ1n) is 13.6. The van der Waals surface area contributed by atoms with Crippen LogP contribution in [0.3, 0.4) is 0 Å². The van der Waals surface area contributed by atoms with E-state index in [0.717, 1.165) is 27.9 Å². The van der Waals surface area contributed by atoms with Gasteiger partial charge in [0.1, 0.15) is 12.8 Å². The highest BCUT2D eigenvalue weighted by atomic mass is 28.3. The van der Waals surface area contributed by atoms with Crippen LogP contribution in [0.4, 0.5) is 16.2 Å². The van der Waals surface area contributed by atoms with Crippen LogP contribution in [-0.2, 0) is 20.9 Å². The maximum Gasteiger partial charge on any atom is 0.329 e. The lowest BCUT2D eigenvalue weighted by molar-refractivity contribution is -0.158. The van der Waals surface area contributed by atoms with Crippen LogP contribution in [0.25, 0.3) is 0 Å². The van der Waals surface area contributed by atoms with E-state index in [4.69, 9.17) is 4.74 Å². The minimum absolute atomic E-state index is 0.0115. The molecule has 0 bridgehead atoms. The van der Waals surface area contributed by atoms with Gasteiger partial charge in [0, 0.05) is 51.1 Å². The molecule has 5 rings (SSSR count). The predicted molar refractivity (Wildman–Crippen MR) is 151 cm³/mol. The summed E-state index contributed by atoms with van der Waals surface area (Å²) in [6.07, 6.45) is 0.485. The van der Waals surface area contributed by atoms with Crippen molar-refractivity contribution in [1.82, 2.24) is 9.80 Å². The Morgan fingerprint density at radius 2 is 1.72 bits per heavy atom. The van der Waals surface area contributed by atoms with Gasteiger partial charge < -0.3 is 9.64 Å². The molecule has 3 aliphatic rings. The summed E-state index contributed by atoms with van der Waals surface area (Å²) in [5, 5.41) is 0. The van der Waals surface area contributed by atoms with Crippen molar-refractivity contribution in [3.05, 3.63) is 59.7 Å². The van der Waals surface area contributed by atoms with Crippen LogP contribution in [0.5, 0.6) is 0 Å². The van der Waals surface area contributed by atoms with Crippen molar-refractivity contribution in [3.8, 4) is 0 Å². The molecule has 3 heterocycles. The van der Waals surface area contributed by atoms with Gasteiger partial charge in [0.05, 0.1) is 6.04 Å². The first-order chi connectivity index (χ1) is 18.5. The lowest BCUT2D eigenvalue weighted by Gasteiger charge is -2.35. The van der Waals surface area contributed by atoms with E-state index < -0.39 is 14.1 Å². The fraction of sp³-hybridized carbons (Fsp3) is 0.448. The van der Waals surface area contributed by atoms with Crippen LogP contribution < -0.4 is 9.80 Å². The fourth-order valence-corrected chi connectivity index (χ4v) is 6.20. The van der Waals surface area contributed by atoms with Gasteiger partial charge in [-0.25, -0.2) is 4.79 Å². The van der Waals surface area contributed by atoms with E-state index in [9.17, 15) is 19.2 Å². The molecule has 9 nitrogen and oxygen atoms in total. The van der Waals surface area contributed by atoms with Gasteiger partial charge in [0.25, 0.3) is 11.8 Å². The van der Waals surface area contributed by atoms with Crippen LogP contribution in [0.15, 0.2) is 48.5 Å². The summed E-state index contributed by atoms with van der Waals surface area (Å²) in [5.41, 5.74) is 2.88. The molecule has 206 valence electrons. The zero-order chi connectivity index (χ0) is 27.9. The number of nitrogens with zero attached hydrogens (tertiary/aromatic N) is 4. The third-order valence-electron chi connectivity index (χ3n) is 7.67. The molecule has 0 aliphatic carbocycles. The molecule has 0 aromatic heterocycles. The summed E-state index contributed by atoms with van der Waals surface area (Å²) < 4.78 is 5.70. The highest BCUT2D eigenvalue weighted by molar-refractivity contribution is 6.76. The molecule has 0 radical (unpaired) electrons. The number of fused-ring (bicyclic) bond motifs is 1. The first kappa shape index (κ1) is 27.1. The molecule has 2 aromatic carbocycles. The number of imide groups is 1. The Hall–Kier alpha value is -3.50. The number of benzene rings is 2. The van der Waals surface area contributed by atoms with E-state index in [1.165, 1.54) is 0 Å². The Labute approximate surface area is 230 Å². The van der Waals surface area contributed by atoms with E-state index >= 15 is 0 Å². The second-order valence-electron chi connectivity index (χ2n) is 11.8. The first-order valence-corrected chi connectivity index (χ1v) is 17.3. The van der Waals surface area contributed by atoms with E-state index in [0.29, 0.717) is 25.1 Å². The SMILES string of the molecule is C[C@@H]1CN(c2ccc3c(c2)CN(C2CCC(=O)N(COCC[Si](C)(C)C)C2=O)C3=O)C(=O)N1c1ccccc1. The Kier molecular flexibility index (Phi) is 7.34. The van der Waals surface area contributed by atoms with Gasteiger partial charge >= 0.3 is 6.03 Å². The van der Waals surface area contributed by atoms with Gasteiger partial charge in [-0.3, -0.25) is 29.1 Å². The monoisotopic (exact) mass is 548 g/mol. The van der Waals surface area contributed by atoms with Crippen molar-refractivity contribution in [2.75, 3.05) is 29.7 Å². The third kappa shape index (κ3) is 5.35. The number of para-hydroxylation sites is 1. The minimum Gasteiger partial charge on any atom is -0.361 e.